The average molecular weight is 320 g/mol. The second-order valence-electron chi connectivity index (χ2n) is 5.11. The number of aryl methyl sites for hydroxylation is 1. The third kappa shape index (κ3) is 4.75. The van der Waals surface area contributed by atoms with Crippen LogP contribution in [0.3, 0.4) is 0 Å². The number of ether oxygens (including phenoxy) is 1. The summed E-state index contributed by atoms with van der Waals surface area (Å²) in [5, 5.41) is 5.53. The van der Waals surface area contributed by atoms with Crippen molar-refractivity contribution < 1.29 is 17.9 Å². The lowest BCUT2D eigenvalue weighted by Crippen LogP contribution is -2.38. The molecular formula is C12H20N2O4S2. The van der Waals surface area contributed by atoms with Crippen LogP contribution in [0.4, 0.5) is 5.13 Å². The number of hydrogen-bond acceptors (Lipinski definition) is 7. The lowest BCUT2D eigenvalue weighted by atomic mass is 10.2. The van der Waals surface area contributed by atoms with Gasteiger partial charge in [0.2, 0.25) is 0 Å². The summed E-state index contributed by atoms with van der Waals surface area (Å²) in [5.74, 6) is -0.272. The van der Waals surface area contributed by atoms with Crippen molar-refractivity contribution >= 4 is 32.3 Å². The maximum atomic E-state index is 11.6. The fourth-order valence-electron chi connectivity index (χ4n) is 1.25. The minimum absolute atomic E-state index is 0.272. The Bertz CT molecular complexity index is 564. The summed E-state index contributed by atoms with van der Waals surface area (Å²) in [4.78, 5) is 15.3. The van der Waals surface area contributed by atoms with Gasteiger partial charge in [-0.3, -0.25) is 4.79 Å². The van der Waals surface area contributed by atoms with Crippen molar-refractivity contribution in [2.75, 3.05) is 25.2 Å². The van der Waals surface area contributed by atoms with Gasteiger partial charge < -0.3 is 10.1 Å². The first-order chi connectivity index (χ1) is 9.15. The van der Waals surface area contributed by atoms with E-state index in [0.717, 1.165) is 5.69 Å². The third-order valence-corrected chi connectivity index (χ3v) is 6.03. The van der Waals surface area contributed by atoms with Crippen molar-refractivity contribution in [2.24, 2.45) is 0 Å². The van der Waals surface area contributed by atoms with Gasteiger partial charge in [-0.2, -0.15) is 0 Å². The zero-order chi connectivity index (χ0) is 15.4. The summed E-state index contributed by atoms with van der Waals surface area (Å²) < 4.78 is 26.9. The van der Waals surface area contributed by atoms with Crippen molar-refractivity contribution in [1.29, 1.82) is 0 Å². The predicted octanol–water partition coefficient (Wildman–Crippen LogP) is 1.48. The summed E-state index contributed by atoms with van der Waals surface area (Å²) in [6.07, 6.45) is 2.02. The molecule has 0 saturated heterocycles. The minimum atomic E-state index is -3.14. The molecular weight excluding hydrogens is 300 g/mol. The molecule has 8 heteroatoms. The van der Waals surface area contributed by atoms with Crippen molar-refractivity contribution in [3.63, 3.8) is 0 Å². The van der Waals surface area contributed by atoms with Crippen LogP contribution in [0.1, 0.15) is 26.0 Å². The highest BCUT2D eigenvalue weighted by molar-refractivity contribution is 7.92. The molecule has 0 saturated carbocycles. The van der Waals surface area contributed by atoms with Gasteiger partial charge in [0, 0.05) is 24.6 Å². The van der Waals surface area contributed by atoms with E-state index in [4.69, 9.17) is 0 Å². The second kappa shape index (κ2) is 6.53. The molecule has 1 aromatic heterocycles. The molecule has 1 N–H and O–H groups in total. The highest BCUT2D eigenvalue weighted by atomic mass is 32.2. The zero-order valence-corrected chi connectivity index (χ0v) is 13.7. The van der Waals surface area contributed by atoms with Crippen LogP contribution >= 0.6 is 11.3 Å². The van der Waals surface area contributed by atoms with Crippen LogP contribution < -0.4 is 5.32 Å². The third-order valence-electron chi connectivity index (χ3n) is 3.03. The molecule has 0 radical (unpaired) electrons. The number of hydrogen-bond donors (Lipinski definition) is 1. The van der Waals surface area contributed by atoms with Gasteiger partial charge in [-0.1, -0.05) is 0 Å². The monoisotopic (exact) mass is 320 g/mol. The summed E-state index contributed by atoms with van der Waals surface area (Å²) >= 11 is 1.39. The molecule has 0 amide bonds. The molecule has 0 aliphatic rings. The maximum absolute atomic E-state index is 11.6. The van der Waals surface area contributed by atoms with E-state index in [1.165, 1.54) is 24.7 Å². The normalized spacial score (nSPS) is 12.2. The number of methoxy groups -OCH3 is 1. The standard InChI is InChI=1S/C12H20N2O4S2/c1-12(2,20(4,16)17)8-13-11-14-9(7-19-11)5-6-10(15)18-3/h7H,5-6,8H2,1-4H3,(H,13,14). The minimum Gasteiger partial charge on any atom is -0.469 e. The zero-order valence-electron chi connectivity index (χ0n) is 12.1. The lowest BCUT2D eigenvalue weighted by Gasteiger charge is -2.22. The summed E-state index contributed by atoms with van der Waals surface area (Å²) in [5.41, 5.74) is 0.792. The molecule has 0 atom stereocenters. The Hall–Kier alpha value is -1.15. The van der Waals surface area contributed by atoms with E-state index < -0.39 is 14.6 Å². The first-order valence-corrected chi connectivity index (χ1v) is 8.87. The Morgan fingerprint density at radius 2 is 2.15 bits per heavy atom. The van der Waals surface area contributed by atoms with Gasteiger partial charge >= 0.3 is 5.97 Å². The van der Waals surface area contributed by atoms with E-state index >= 15 is 0 Å². The number of nitrogens with one attached hydrogen (secondary N) is 1. The Kier molecular flexibility index (Phi) is 5.52. The van der Waals surface area contributed by atoms with E-state index in [0.29, 0.717) is 11.6 Å². The van der Waals surface area contributed by atoms with E-state index in [1.807, 2.05) is 5.38 Å². The first kappa shape index (κ1) is 16.9. The van der Waals surface area contributed by atoms with Gasteiger partial charge in [-0.25, -0.2) is 13.4 Å². The van der Waals surface area contributed by atoms with Crippen LogP contribution in [0.2, 0.25) is 0 Å². The Morgan fingerprint density at radius 1 is 1.50 bits per heavy atom. The Morgan fingerprint density at radius 3 is 2.70 bits per heavy atom. The summed E-state index contributed by atoms with van der Waals surface area (Å²) in [6.45, 7) is 3.62. The largest absolute Gasteiger partial charge is 0.469 e. The molecule has 0 spiro atoms. The number of esters is 1. The summed E-state index contributed by atoms with van der Waals surface area (Å²) in [7, 11) is -1.79. The number of anilines is 1. The number of sulfone groups is 1. The van der Waals surface area contributed by atoms with Gasteiger partial charge in [-0.05, 0) is 13.8 Å². The van der Waals surface area contributed by atoms with Crippen LogP contribution in [0, 0.1) is 0 Å². The molecule has 0 bridgehead atoms. The molecule has 0 fully saturated rings. The van der Waals surface area contributed by atoms with Crippen LogP contribution in [-0.2, 0) is 25.8 Å². The molecule has 0 aromatic carbocycles. The molecule has 20 heavy (non-hydrogen) atoms. The fourth-order valence-corrected chi connectivity index (χ4v) is 2.33. The SMILES string of the molecule is COC(=O)CCc1csc(NCC(C)(C)S(C)(=O)=O)n1. The van der Waals surface area contributed by atoms with E-state index in [2.05, 4.69) is 15.0 Å². The quantitative estimate of drug-likeness (QED) is 0.766. The molecule has 0 unspecified atom stereocenters. The molecule has 1 aromatic rings. The lowest BCUT2D eigenvalue weighted by molar-refractivity contribution is -0.140. The number of carbonyl (C=O) groups is 1. The Labute approximate surface area is 123 Å². The molecule has 1 rings (SSSR count). The van der Waals surface area contributed by atoms with Gasteiger partial charge in [0.25, 0.3) is 0 Å². The van der Waals surface area contributed by atoms with Crippen molar-refractivity contribution in [3.8, 4) is 0 Å². The molecule has 114 valence electrons. The second-order valence-corrected chi connectivity index (χ2v) is 8.61. The number of aromatic nitrogens is 1. The van der Waals surface area contributed by atoms with Gasteiger partial charge in [0.1, 0.15) is 0 Å². The fraction of sp³-hybridized carbons (Fsp3) is 0.667. The van der Waals surface area contributed by atoms with Gasteiger partial charge in [0.15, 0.2) is 15.0 Å². The van der Waals surface area contributed by atoms with Crippen molar-refractivity contribution in [2.45, 2.75) is 31.4 Å². The van der Waals surface area contributed by atoms with Crippen LogP contribution in [0.5, 0.6) is 0 Å². The van der Waals surface area contributed by atoms with Gasteiger partial charge in [0.05, 0.1) is 24.0 Å². The highest BCUT2D eigenvalue weighted by Crippen LogP contribution is 2.20. The molecule has 1 heterocycles. The van der Waals surface area contributed by atoms with Crippen molar-refractivity contribution in [3.05, 3.63) is 11.1 Å². The predicted molar refractivity (Wildman–Crippen MR) is 79.9 cm³/mol. The van der Waals surface area contributed by atoms with Crippen LogP contribution in [0.25, 0.3) is 0 Å². The number of rotatable bonds is 7. The molecule has 0 aliphatic carbocycles. The van der Waals surface area contributed by atoms with Crippen LogP contribution in [0.15, 0.2) is 5.38 Å². The number of carbonyl (C=O) groups excluding carboxylic acids is 1. The van der Waals surface area contributed by atoms with E-state index in [-0.39, 0.29) is 18.9 Å². The van der Waals surface area contributed by atoms with Crippen molar-refractivity contribution in [1.82, 2.24) is 4.98 Å². The average Bonchev–Trinajstić information content (AvgIpc) is 2.80. The summed E-state index contributed by atoms with van der Waals surface area (Å²) in [6, 6.07) is 0. The maximum Gasteiger partial charge on any atom is 0.305 e. The first-order valence-electron chi connectivity index (χ1n) is 6.10. The topological polar surface area (TPSA) is 85.4 Å². The van der Waals surface area contributed by atoms with E-state index in [1.54, 1.807) is 13.8 Å². The van der Waals surface area contributed by atoms with E-state index in [9.17, 15) is 13.2 Å². The van der Waals surface area contributed by atoms with Gasteiger partial charge in [-0.15, -0.1) is 11.3 Å². The molecule has 6 nitrogen and oxygen atoms in total. The van der Waals surface area contributed by atoms with Crippen LogP contribution in [-0.4, -0.2) is 44.0 Å². The Balaban J connectivity index is 2.55. The molecule has 0 aliphatic heterocycles. The highest BCUT2D eigenvalue weighted by Gasteiger charge is 2.30. The smallest absolute Gasteiger partial charge is 0.305 e. The number of nitrogens with zero attached hydrogens (tertiary/aromatic N) is 1. The number of thiazole rings is 1.